The largest absolute Gasteiger partial charge is 0.399 e. The molecule has 0 atom stereocenters. The van der Waals surface area contributed by atoms with Crippen LogP contribution in [0, 0.1) is 0 Å². The molecule has 2 aromatic heterocycles. The zero-order valence-electron chi connectivity index (χ0n) is 11.0. The SMILES string of the molecule is Nc1ccc2nc(NCCc3ccc(Cl)s3)[nH]c(=O)c2c1. The van der Waals surface area contributed by atoms with Crippen LogP contribution in [0.3, 0.4) is 0 Å². The van der Waals surface area contributed by atoms with E-state index < -0.39 is 0 Å². The first-order valence-corrected chi connectivity index (χ1v) is 7.59. The van der Waals surface area contributed by atoms with Crippen molar-refractivity contribution in [2.75, 3.05) is 17.6 Å². The summed E-state index contributed by atoms with van der Waals surface area (Å²) in [7, 11) is 0. The van der Waals surface area contributed by atoms with Gasteiger partial charge in [-0.1, -0.05) is 11.6 Å². The van der Waals surface area contributed by atoms with Crippen LogP contribution in [0.5, 0.6) is 0 Å². The number of nitrogen functional groups attached to an aromatic ring is 1. The van der Waals surface area contributed by atoms with Gasteiger partial charge in [0.05, 0.1) is 15.2 Å². The minimum atomic E-state index is -0.200. The zero-order chi connectivity index (χ0) is 14.8. The van der Waals surface area contributed by atoms with Crippen LogP contribution in [-0.4, -0.2) is 16.5 Å². The van der Waals surface area contributed by atoms with Crippen molar-refractivity contribution in [3.8, 4) is 0 Å². The highest BCUT2D eigenvalue weighted by Gasteiger charge is 2.04. The normalized spacial score (nSPS) is 10.9. The lowest BCUT2D eigenvalue weighted by molar-refractivity contribution is 1.00. The molecule has 0 saturated heterocycles. The van der Waals surface area contributed by atoms with Crippen LogP contribution in [0.25, 0.3) is 10.9 Å². The number of hydrogen-bond acceptors (Lipinski definition) is 5. The number of thiophene rings is 1. The quantitative estimate of drug-likeness (QED) is 0.645. The Balaban J connectivity index is 1.75. The van der Waals surface area contributed by atoms with E-state index >= 15 is 0 Å². The van der Waals surface area contributed by atoms with Crippen LogP contribution in [0.4, 0.5) is 11.6 Å². The molecule has 0 aliphatic heterocycles. The first kappa shape index (κ1) is 13.9. The van der Waals surface area contributed by atoms with E-state index in [1.807, 2.05) is 12.1 Å². The molecule has 0 unspecified atom stereocenters. The van der Waals surface area contributed by atoms with Crippen LogP contribution in [0.2, 0.25) is 4.34 Å². The molecule has 0 aliphatic rings. The number of H-pyrrole nitrogens is 1. The Morgan fingerprint density at radius 3 is 2.95 bits per heavy atom. The van der Waals surface area contributed by atoms with Crippen molar-refractivity contribution >= 4 is 45.5 Å². The molecule has 108 valence electrons. The topological polar surface area (TPSA) is 83.8 Å². The van der Waals surface area contributed by atoms with Gasteiger partial charge in [-0.05, 0) is 36.8 Å². The lowest BCUT2D eigenvalue weighted by Crippen LogP contribution is -2.14. The monoisotopic (exact) mass is 320 g/mol. The van der Waals surface area contributed by atoms with E-state index in [4.69, 9.17) is 17.3 Å². The van der Waals surface area contributed by atoms with Gasteiger partial charge in [0, 0.05) is 17.1 Å². The van der Waals surface area contributed by atoms with Crippen molar-refractivity contribution < 1.29 is 0 Å². The summed E-state index contributed by atoms with van der Waals surface area (Å²) in [5.41, 5.74) is 6.64. The van der Waals surface area contributed by atoms with Crippen LogP contribution in [0.15, 0.2) is 35.1 Å². The first-order chi connectivity index (χ1) is 10.1. The molecule has 3 rings (SSSR count). The van der Waals surface area contributed by atoms with E-state index in [-0.39, 0.29) is 5.56 Å². The van der Waals surface area contributed by atoms with Gasteiger partial charge in [0.2, 0.25) is 5.95 Å². The number of hydrogen-bond donors (Lipinski definition) is 3. The maximum absolute atomic E-state index is 12.0. The summed E-state index contributed by atoms with van der Waals surface area (Å²) in [6.45, 7) is 0.667. The number of rotatable bonds is 4. The maximum Gasteiger partial charge on any atom is 0.260 e. The van der Waals surface area contributed by atoms with E-state index in [0.29, 0.717) is 29.1 Å². The average Bonchev–Trinajstić information content (AvgIpc) is 2.85. The third-order valence-corrected chi connectivity index (χ3v) is 4.31. The van der Waals surface area contributed by atoms with Gasteiger partial charge >= 0.3 is 0 Å². The van der Waals surface area contributed by atoms with E-state index in [1.165, 1.54) is 4.88 Å². The van der Waals surface area contributed by atoms with E-state index in [1.54, 1.807) is 29.5 Å². The van der Waals surface area contributed by atoms with E-state index in [9.17, 15) is 4.79 Å². The predicted molar refractivity (Wildman–Crippen MR) is 88.3 cm³/mol. The Morgan fingerprint density at radius 1 is 1.33 bits per heavy atom. The van der Waals surface area contributed by atoms with E-state index in [0.717, 1.165) is 10.8 Å². The van der Waals surface area contributed by atoms with Gasteiger partial charge in [-0.2, -0.15) is 0 Å². The van der Waals surface area contributed by atoms with Crippen molar-refractivity contribution in [1.82, 2.24) is 9.97 Å². The average molecular weight is 321 g/mol. The smallest absolute Gasteiger partial charge is 0.260 e. The Hall–Kier alpha value is -2.05. The van der Waals surface area contributed by atoms with Crippen LogP contribution < -0.4 is 16.6 Å². The lowest BCUT2D eigenvalue weighted by Gasteiger charge is -2.06. The molecule has 2 heterocycles. The lowest BCUT2D eigenvalue weighted by atomic mass is 10.2. The molecule has 1 aromatic carbocycles. The second-order valence-corrected chi connectivity index (χ2v) is 6.37. The molecule has 5 nitrogen and oxygen atoms in total. The van der Waals surface area contributed by atoms with Gasteiger partial charge in [-0.25, -0.2) is 4.98 Å². The van der Waals surface area contributed by atoms with Gasteiger partial charge in [0.25, 0.3) is 5.56 Å². The van der Waals surface area contributed by atoms with Crippen LogP contribution >= 0.6 is 22.9 Å². The molecule has 7 heteroatoms. The minimum Gasteiger partial charge on any atom is -0.399 e. The highest BCUT2D eigenvalue weighted by atomic mass is 35.5. The van der Waals surface area contributed by atoms with Crippen molar-refractivity contribution in [1.29, 1.82) is 0 Å². The number of anilines is 2. The predicted octanol–water partition coefficient (Wildman–Crippen LogP) is 2.87. The number of nitrogens with two attached hydrogens (primary N) is 1. The Bertz CT molecular complexity index is 842. The fourth-order valence-corrected chi connectivity index (χ4v) is 3.12. The molecule has 0 spiro atoms. The van der Waals surface area contributed by atoms with Gasteiger partial charge in [-0.15, -0.1) is 11.3 Å². The summed E-state index contributed by atoms with van der Waals surface area (Å²) >= 11 is 7.43. The summed E-state index contributed by atoms with van der Waals surface area (Å²) in [5, 5.41) is 3.61. The molecule has 0 bridgehead atoms. The third kappa shape index (κ3) is 3.17. The summed E-state index contributed by atoms with van der Waals surface area (Å²) < 4.78 is 0.778. The fraction of sp³-hybridized carbons (Fsp3) is 0.143. The van der Waals surface area contributed by atoms with Crippen LogP contribution in [-0.2, 0) is 6.42 Å². The second-order valence-electron chi connectivity index (χ2n) is 4.57. The van der Waals surface area contributed by atoms with Gasteiger partial charge in [0.1, 0.15) is 0 Å². The van der Waals surface area contributed by atoms with Crippen LogP contribution in [0.1, 0.15) is 4.88 Å². The van der Waals surface area contributed by atoms with E-state index in [2.05, 4.69) is 15.3 Å². The molecule has 3 aromatic rings. The summed E-state index contributed by atoms with van der Waals surface area (Å²) in [6, 6.07) is 8.96. The van der Waals surface area contributed by atoms with Gasteiger partial charge < -0.3 is 11.1 Å². The summed E-state index contributed by atoms with van der Waals surface area (Å²) in [4.78, 5) is 20.2. The van der Waals surface area contributed by atoms with Gasteiger partial charge in [0.15, 0.2) is 0 Å². The number of nitrogens with one attached hydrogen (secondary N) is 2. The molecule has 0 radical (unpaired) electrons. The Kier molecular flexibility index (Phi) is 3.81. The van der Waals surface area contributed by atoms with Gasteiger partial charge in [-0.3, -0.25) is 9.78 Å². The first-order valence-electron chi connectivity index (χ1n) is 6.39. The Labute approximate surface area is 129 Å². The van der Waals surface area contributed by atoms with Crippen molar-refractivity contribution in [3.05, 3.63) is 49.9 Å². The molecule has 0 saturated carbocycles. The van der Waals surface area contributed by atoms with Crippen molar-refractivity contribution in [2.24, 2.45) is 0 Å². The molecule has 4 N–H and O–H groups in total. The molecule has 0 aliphatic carbocycles. The molecular weight excluding hydrogens is 308 g/mol. The summed E-state index contributed by atoms with van der Waals surface area (Å²) in [5.74, 6) is 0.458. The molecule has 21 heavy (non-hydrogen) atoms. The highest BCUT2D eigenvalue weighted by Crippen LogP contribution is 2.21. The number of aromatic nitrogens is 2. The number of benzene rings is 1. The number of nitrogens with zero attached hydrogens (tertiary/aromatic N) is 1. The number of aromatic amines is 1. The molecule has 0 amide bonds. The standard InChI is InChI=1S/C14H13ClN4OS/c15-12-4-2-9(21-12)5-6-17-14-18-11-3-1-8(16)7-10(11)13(20)19-14/h1-4,7H,5-6,16H2,(H2,17,18,19,20). The van der Waals surface area contributed by atoms with Crippen molar-refractivity contribution in [2.45, 2.75) is 6.42 Å². The fourth-order valence-electron chi connectivity index (χ4n) is 2.03. The zero-order valence-corrected chi connectivity index (χ0v) is 12.6. The molecular formula is C14H13ClN4OS. The Morgan fingerprint density at radius 2 is 2.19 bits per heavy atom. The minimum absolute atomic E-state index is 0.200. The third-order valence-electron chi connectivity index (χ3n) is 3.02. The molecule has 0 fully saturated rings. The highest BCUT2D eigenvalue weighted by molar-refractivity contribution is 7.16. The maximum atomic E-state index is 12.0. The second kappa shape index (κ2) is 5.75. The number of halogens is 1. The number of fused-ring (bicyclic) bond motifs is 1. The van der Waals surface area contributed by atoms with Crippen molar-refractivity contribution in [3.63, 3.8) is 0 Å². The summed E-state index contributed by atoms with van der Waals surface area (Å²) in [6.07, 6.45) is 0.820.